The van der Waals surface area contributed by atoms with E-state index in [4.69, 9.17) is 17.3 Å². The first-order valence-electron chi connectivity index (χ1n) is 6.91. The number of aromatic nitrogens is 2. The quantitative estimate of drug-likeness (QED) is 0.750. The van der Waals surface area contributed by atoms with Crippen molar-refractivity contribution in [3.63, 3.8) is 0 Å². The second-order valence-electron chi connectivity index (χ2n) is 5.05. The summed E-state index contributed by atoms with van der Waals surface area (Å²) in [5, 5.41) is 4.45. The van der Waals surface area contributed by atoms with Crippen LogP contribution in [0.5, 0.6) is 0 Å². The van der Waals surface area contributed by atoms with Crippen molar-refractivity contribution in [2.75, 3.05) is 5.73 Å². The number of benzene rings is 2. The van der Waals surface area contributed by atoms with Crippen molar-refractivity contribution in [3.8, 4) is 11.1 Å². The predicted octanol–water partition coefficient (Wildman–Crippen LogP) is 3.33. The smallest absolute Gasteiger partial charge is 0.303 e. The maximum Gasteiger partial charge on any atom is 0.303 e. The molecule has 1 heterocycles. The molecule has 0 bridgehead atoms. The Hall–Kier alpha value is -2.66. The van der Waals surface area contributed by atoms with Crippen molar-refractivity contribution in [2.45, 2.75) is 6.54 Å². The van der Waals surface area contributed by atoms with Crippen molar-refractivity contribution in [1.29, 1.82) is 0 Å². The molecule has 2 aromatic carbocycles. The SMILES string of the molecule is Nc1ccc(Cl)cc1-c1cnn(Cc2ccccc2)c(=O)c1F. The van der Waals surface area contributed by atoms with Crippen molar-refractivity contribution < 1.29 is 4.39 Å². The van der Waals surface area contributed by atoms with E-state index in [0.29, 0.717) is 16.3 Å². The molecule has 23 heavy (non-hydrogen) atoms. The summed E-state index contributed by atoms with van der Waals surface area (Å²) in [6.45, 7) is 0.196. The molecule has 0 fully saturated rings. The minimum absolute atomic E-state index is 0.0410. The van der Waals surface area contributed by atoms with Crippen LogP contribution in [0.3, 0.4) is 0 Å². The van der Waals surface area contributed by atoms with Crippen LogP contribution in [0.1, 0.15) is 5.56 Å². The summed E-state index contributed by atoms with van der Waals surface area (Å²) in [6, 6.07) is 13.9. The summed E-state index contributed by atoms with van der Waals surface area (Å²) in [5.74, 6) is -0.898. The first-order chi connectivity index (χ1) is 11.1. The van der Waals surface area contributed by atoms with E-state index in [1.807, 2.05) is 30.3 Å². The van der Waals surface area contributed by atoms with Gasteiger partial charge in [0.1, 0.15) is 0 Å². The molecule has 0 atom stereocenters. The van der Waals surface area contributed by atoms with Gasteiger partial charge in [-0.25, -0.2) is 9.07 Å². The third kappa shape index (κ3) is 3.10. The van der Waals surface area contributed by atoms with Crippen LogP contribution >= 0.6 is 11.6 Å². The Morgan fingerprint density at radius 3 is 2.61 bits per heavy atom. The first-order valence-corrected chi connectivity index (χ1v) is 7.29. The first kappa shape index (κ1) is 15.2. The molecule has 0 spiro atoms. The molecule has 3 aromatic rings. The largest absolute Gasteiger partial charge is 0.398 e. The number of anilines is 1. The van der Waals surface area contributed by atoms with Crippen molar-refractivity contribution in [1.82, 2.24) is 9.78 Å². The molecule has 0 saturated heterocycles. The van der Waals surface area contributed by atoms with Crippen LogP contribution in [0.2, 0.25) is 5.02 Å². The maximum atomic E-state index is 14.5. The van der Waals surface area contributed by atoms with Gasteiger partial charge in [-0.2, -0.15) is 5.10 Å². The summed E-state index contributed by atoms with van der Waals surface area (Å²) in [4.78, 5) is 12.2. The zero-order valence-electron chi connectivity index (χ0n) is 12.0. The number of nitrogens with two attached hydrogens (primary N) is 1. The highest BCUT2D eigenvalue weighted by Crippen LogP contribution is 2.29. The van der Waals surface area contributed by atoms with Gasteiger partial charge in [0.05, 0.1) is 12.7 Å². The molecule has 0 unspecified atom stereocenters. The number of nitrogens with zero attached hydrogens (tertiary/aromatic N) is 2. The fourth-order valence-corrected chi connectivity index (χ4v) is 2.46. The third-order valence-corrected chi connectivity index (χ3v) is 3.70. The van der Waals surface area contributed by atoms with E-state index < -0.39 is 11.4 Å². The highest BCUT2D eigenvalue weighted by Gasteiger charge is 2.15. The lowest BCUT2D eigenvalue weighted by Gasteiger charge is -2.10. The number of hydrogen-bond donors (Lipinski definition) is 1. The average Bonchev–Trinajstić information content (AvgIpc) is 2.56. The average molecular weight is 330 g/mol. The van der Waals surface area contributed by atoms with Crippen LogP contribution in [-0.2, 0) is 6.54 Å². The van der Waals surface area contributed by atoms with Gasteiger partial charge in [0.15, 0.2) is 5.82 Å². The lowest BCUT2D eigenvalue weighted by molar-refractivity contribution is 0.547. The van der Waals surface area contributed by atoms with Crippen molar-refractivity contribution in [3.05, 3.63) is 81.5 Å². The van der Waals surface area contributed by atoms with Gasteiger partial charge >= 0.3 is 5.56 Å². The molecule has 4 nitrogen and oxygen atoms in total. The highest BCUT2D eigenvalue weighted by molar-refractivity contribution is 6.31. The minimum atomic E-state index is -0.898. The van der Waals surface area contributed by atoms with E-state index in [9.17, 15) is 9.18 Å². The van der Waals surface area contributed by atoms with Gasteiger partial charge in [-0.05, 0) is 23.8 Å². The van der Waals surface area contributed by atoms with Gasteiger partial charge in [0.25, 0.3) is 0 Å². The van der Waals surface area contributed by atoms with Gasteiger partial charge in [0.2, 0.25) is 0 Å². The Morgan fingerprint density at radius 1 is 1.13 bits per heavy atom. The molecular weight excluding hydrogens is 317 g/mol. The molecular formula is C17H13ClFN3O. The molecule has 0 aliphatic heterocycles. The summed E-state index contributed by atoms with van der Waals surface area (Å²) in [7, 11) is 0. The molecule has 2 N–H and O–H groups in total. The zero-order chi connectivity index (χ0) is 16.4. The topological polar surface area (TPSA) is 60.9 Å². The number of halogens is 2. The summed E-state index contributed by atoms with van der Waals surface area (Å²) in [6.07, 6.45) is 1.29. The van der Waals surface area contributed by atoms with E-state index in [2.05, 4.69) is 5.10 Å². The molecule has 3 rings (SSSR count). The molecule has 1 aromatic heterocycles. The van der Waals surface area contributed by atoms with Crippen molar-refractivity contribution in [2.24, 2.45) is 0 Å². The second kappa shape index (κ2) is 6.22. The van der Waals surface area contributed by atoms with E-state index in [1.54, 1.807) is 12.1 Å². The van der Waals surface area contributed by atoms with Crippen LogP contribution in [0.25, 0.3) is 11.1 Å². The van der Waals surface area contributed by atoms with E-state index in [0.717, 1.165) is 10.2 Å². The monoisotopic (exact) mass is 329 g/mol. The van der Waals surface area contributed by atoms with E-state index in [1.165, 1.54) is 12.3 Å². The maximum absolute atomic E-state index is 14.5. The standard InChI is InChI=1S/C17H13ClFN3O/c18-12-6-7-15(20)13(8-12)14-9-21-22(17(23)16(14)19)10-11-4-2-1-3-5-11/h1-9H,10,20H2. The van der Waals surface area contributed by atoms with Crippen LogP contribution in [0, 0.1) is 5.82 Å². The van der Waals surface area contributed by atoms with Crippen LogP contribution < -0.4 is 11.3 Å². The summed E-state index contributed by atoms with van der Waals surface area (Å²) >= 11 is 5.92. The molecule has 0 amide bonds. The lowest BCUT2D eigenvalue weighted by atomic mass is 10.1. The highest BCUT2D eigenvalue weighted by atomic mass is 35.5. The fourth-order valence-electron chi connectivity index (χ4n) is 2.28. The minimum Gasteiger partial charge on any atom is -0.398 e. The second-order valence-corrected chi connectivity index (χ2v) is 5.49. The normalized spacial score (nSPS) is 10.7. The molecule has 116 valence electrons. The van der Waals surface area contributed by atoms with Gasteiger partial charge in [-0.3, -0.25) is 4.79 Å². The zero-order valence-corrected chi connectivity index (χ0v) is 12.8. The van der Waals surface area contributed by atoms with Crippen LogP contribution in [-0.4, -0.2) is 9.78 Å². The molecule has 6 heteroatoms. The van der Waals surface area contributed by atoms with Crippen LogP contribution in [0.15, 0.2) is 59.5 Å². The molecule has 0 aliphatic rings. The third-order valence-electron chi connectivity index (χ3n) is 3.47. The molecule has 0 radical (unpaired) electrons. The van der Waals surface area contributed by atoms with E-state index >= 15 is 0 Å². The van der Waals surface area contributed by atoms with Gasteiger partial charge in [0, 0.05) is 21.8 Å². The van der Waals surface area contributed by atoms with Crippen molar-refractivity contribution >= 4 is 17.3 Å². The number of nitrogen functional groups attached to an aromatic ring is 1. The van der Waals surface area contributed by atoms with Gasteiger partial charge in [-0.1, -0.05) is 41.9 Å². The molecule has 0 aliphatic carbocycles. The fraction of sp³-hybridized carbons (Fsp3) is 0.0588. The molecule has 0 saturated carbocycles. The number of hydrogen-bond acceptors (Lipinski definition) is 3. The lowest BCUT2D eigenvalue weighted by Crippen LogP contribution is -2.26. The Labute approximate surface area is 136 Å². The predicted molar refractivity (Wildman–Crippen MR) is 88.9 cm³/mol. The number of rotatable bonds is 3. The summed E-state index contributed by atoms with van der Waals surface area (Å²) in [5.41, 5.74) is 6.62. The Kier molecular flexibility index (Phi) is 4.12. The van der Waals surface area contributed by atoms with Crippen LogP contribution in [0.4, 0.5) is 10.1 Å². The Balaban J connectivity index is 2.04. The Morgan fingerprint density at radius 2 is 1.87 bits per heavy atom. The van der Waals surface area contributed by atoms with Gasteiger partial charge < -0.3 is 5.73 Å². The Bertz CT molecular complexity index is 909. The van der Waals surface area contributed by atoms with E-state index in [-0.39, 0.29) is 12.1 Å². The van der Waals surface area contributed by atoms with Gasteiger partial charge in [-0.15, -0.1) is 0 Å². The summed E-state index contributed by atoms with van der Waals surface area (Å²) < 4.78 is 15.6.